The molecule has 0 radical (unpaired) electrons. The molecule has 0 spiro atoms. The lowest BCUT2D eigenvalue weighted by molar-refractivity contribution is -0.117. The highest BCUT2D eigenvalue weighted by Gasteiger charge is 2.30. The van der Waals surface area contributed by atoms with Crippen LogP contribution in [0, 0.1) is 5.82 Å². The molecular weight excluding hydrogens is 343 g/mol. The maximum atomic E-state index is 13.2. The Bertz CT molecular complexity index is 1010. The van der Waals surface area contributed by atoms with E-state index in [4.69, 9.17) is 10.5 Å². The van der Waals surface area contributed by atoms with Crippen molar-refractivity contribution in [2.24, 2.45) is 0 Å². The van der Waals surface area contributed by atoms with Crippen LogP contribution in [0.2, 0.25) is 0 Å². The Kier molecular flexibility index (Phi) is 4.34. The molecule has 0 bridgehead atoms. The lowest BCUT2D eigenvalue weighted by Gasteiger charge is -2.31. The van der Waals surface area contributed by atoms with Crippen molar-refractivity contribution in [3.8, 4) is 5.75 Å². The maximum absolute atomic E-state index is 13.2. The molecule has 134 valence electrons. The number of hydrogen-bond donors (Lipinski definition) is 1. The molecule has 0 atom stereocenters. The van der Waals surface area contributed by atoms with E-state index in [-0.39, 0.29) is 24.0 Å². The zero-order valence-corrected chi connectivity index (χ0v) is 14.4. The number of benzene rings is 3. The van der Waals surface area contributed by atoms with Gasteiger partial charge in [0.2, 0.25) is 0 Å². The lowest BCUT2D eigenvalue weighted by Crippen LogP contribution is -2.36. The topological polar surface area (TPSA) is 55.6 Å². The van der Waals surface area contributed by atoms with E-state index in [0.29, 0.717) is 17.1 Å². The molecule has 1 amide bonds. The Labute approximate surface area is 156 Å². The second kappa shape index (κ2) is 6.96. The quantitative estimate of drug-likeness (QED) is 0.557. The lowest BCUT2D eigenvalue weighted by atomic mass is 10.1. The van der Waals surface area contributed by atoms with E-state index >= 15 is 0 Å². The molecule has 0 aliphatic carbocycles. The summed E-state index contributed by atoms with van der Waals surface area (Å²) in [5.41, 5.74) is 8.69. The molecule has 0 saturated carbocycles. The van der Waals surface area contributed by atoms with Crippen LogP contribution in [-0.2, 0) is 11.3 Å². The number of amides is 1. The van der Waals surface area contributed by atoms with E-state index in [0.717, 1.165) is 11.1 Å². The van der Waals surface area contributed by atoms with Gasteiger partial charge >= 0.3 is 0 Å². The van der Waals surface area contributed by atoms with Gasteiger partial charge in [0.25, 0.3) is 5.91 Å². The van der Waals surface area contributed by atoms with Crippen molar-refractivity contribution in [3.63, 3.8) is 0 Å². The number of nitrogens with two attached hydrogens (primary N) is 1. The van der Waals surface area contributed by atoms with Gasteiger partial charge in [-0.15, -0.1) is 0 Å². The normalized spacial score (nSPS) is 14.8. The van der Waals surface area contributed by atoms with Crippen LogP contribution in [0.4, 0.5) is 15.8 Å². The number of carbonyl (C=O) groups is 1. The second-order valence-corrected chi connectivity index (χ2v) is 6.27. The molecule has 1 aliphatic heterocycles. The van der Waals surface area contributed by atoms with Gasteiger partial charge in [-0.2, -0.15) is 0 Å². The number of hydrogen-bond acceptors (Lipinski definition) is 3. The third-order valence-electron chi connectivity index (χ3n) is 4.30. The summed E-state index contributed by atoms with van der Waals surface area (Å²) in [6.45, 7) is 0.283. The molecule has 1 heterocycles. The van der Waals surface area contributed by atoms with Gasteiger partial charge in [-0.25, -0.2) is 4.39 Å². The fraction of sp³-hybridized carbons (Fsp3) is 0.0455. The highest BCUT2D eigenvalue weighted by Crippen LogP contribution is 2.38. The molecule has 3 aromatic rings. The second-order valence-electron chi connectivity index (χ2n) is 6.27. The number of anilines is 2. The molecule has 0 fully saturated rings. The maximum Gasteiger partial charge on any atom is 0.294 e. The van der Waals surface area contributed by atoms with E-state index in [1.54, 1.807) is 41.3 Å². The SMILES string of the molecule is Nc1ccc2c(c1)N(Cc1ccc(F)cc1)C(=O)/C(=C\c1ccccc1)O2. The standard InChI is InChI=1S/C22H17FN2O2/c23-17-8-6-16(7-9-17)14-25-19-13-18(24)10-11-20(19)27-21(22(25)26)12-15-4-2-1-3-5-15/h1-13H,14,24H2/b21-12+. The van der Waals surface area contributed by atoms with Gasteiger partial charge in [0, 0.05) is 5.69 Å². The minimum atomic E-state index is -0.318. The number of ether oxygens (including phenoxy) is 1. The predicted octanol–water partition coefficient (Wildman–Crippen LogP) is 4.37. The Morgan fingerprint density at radius 1 is 1.00 bits per heavy atom. The largest absolute Gasteiger partial charge is 0.449 e. The summed E-state index contributed by atoms with van der Waals surface area (Å²) >= 11 is 0. The monoisotopic (exact) mass is 360 g/mol. The Morgan fingerprint density at radius 3 is 2.48 bits per heavy atom. The summed E-state index contributed by atoms with van der Waals surface area (Å²) < 4.78 is 19.1. The van der Waals surface area contributed by atoms with Gasteiger partial charge in [0.15, 0.2) is 11.5 Å². The zero-order valence-electron chi connectivity index (χ0n) is 14.4. The van der Waals surface area contributed by atoms with Gasteiger partial charge in [0.1, 0.15) is 5.82 Å². The van der Waals surface area contributed by atoms with Crippen LogP contribution in [0.3, 0.4) is 0 Å². The van der Waals surface area contributed by atoms with E-state index in [2.05, 4.69) is 0 Å². The van der Waals surface area contributed by atoms with Crippen molar-refractivity contribution in [3.05, 3.63) is 95.5 Å². The van der Waals surface area contributed by atoms with Crippen LogP contribution in [0.25, 0.3) is 6.08 Å². The zero-order chi connectivity index (χ0) is 18.8. The van der Waals surface area contributed by atoms with Crippen molar-refractivity contribution in [2.75, 3.05) is 10.6 Å². The number of rotatable bonds is 3. The first kappa shape index (κ1) is 16.8. The number of halogens is 1. The molecule has 3 aromatic carbocycles. The van der Waals surface area contributed by atoms with Crippen LogP contribution < -0.4 is 15.4 Å². The molecule has 0 aromatic heterocycles. The average Bonchev–Trinajstić information content (AvgIpc) is 2.68. The summed E-state index contributed by atoms with van der Waals surface area (Å²) in [6, 6.07) is 20.7. The Morgan fingerprint density at radius 2 is 1.74 bits per heavy atom. The Hall–Kier alpha value is -3.60. The van der Waals surface area contributed by atoms with Gasteiger partial charge in [-0.1, -0.05) is 42.5 Å². The fourth-order valence-corrected chi connectivity index (χ4v) is 2.96. The first-order chi connectivity index (χ1) is 13.1. The van der Waals surface area contributed by atoms with E-state index < -0.39 is 0 Å². The summed E-state index contributed by atoms with van der Waals surface area (Å²) in [4.78, 5) is 14.7. The molecule has 27 heavy (non-hydrogen) atoms. The van der Waals surface area contributed by atoms with Crippen LogP contribution in [-0.4, -0.2) is 5.91 Å². The van der Waals surface area contributed by atoms with E-state index in [9.17, 15) is 9.18 Å². The predicted molar refractivity (Wildman–Crippen MR) is 103 cm³/mol. The van der Waals surface area contributed by atoms with Crippen molar-refractivity contribution in [1.29, 1.82) is 0 Å². The third-order valence-corrected chi connectivity index (χ3v) is 4.30. The molecule has 5 heteroatoms. The van der Waals surface area contributed by atoms with Crippen LogP contribution in [0.1, 0.15) is 11.1 Å². The first-order valence-corrected chi connectivity index (χ1v) is 8.50. The number of nitrogen functional groups attached to an aromatic ring is 1. The summed E-state index contributed by atoms with van der Waals surface area (Å²) in [6.07, 6.45) is 1.71. The van der Waals surface area contributed by atoms with Crippen LogP contribution in [0.15, 0.2) is 78.6 Å². The molecular formula is C22H17FN2O2. The summed E-state index contributed by atoms with van der Waals surface area (Å²) in [5, 5.41) is 0. The number of carbonyl (C=O) groups excluding carboxylic acids is 1. The van der Waals surface area contributed by atoms with Crippen molar-refractivity contribution >= 4 is 23.4 Å². The molecule has 4 nitrogen and oxygen atoms in total. The van der Waals surface area contributed by atoms with Gasteiger partial charge in [-0.05, 0) is 47.5 Å². The molecule has 1 aliphatic rings. The van der Waals surface area contributed by atoms with Gasteiger partial charge in [0.05, 0.1) is 12.2 Å². The molecule has 0 saturated heterocycles. The number of nitrogens with zero attached hydrogens (tertiary/aromatic N) is 1. The number of fused-ring (bicyclic) bond motifs is 1. The van der Waals surface area contributed by atoms with Crippen molar-refractivity contribution < 1.29 is 13.9 Å². The van der Waals surface area contributed by atoms with Crippen LogP contribution in [0.5, 0.6) is 5.75 Å². The molecule has 0 unspecified atom stereocenters. The minimum absolute atomic E-state index is 0.223. The first-order valence-electron chi connectivity index (χ1n) is 8.50. The Balaban J connectivity index is 1.75. The van der Waals surface area contributed by atoms with Crippen LogP contribution >= 0.6 is 0 Å². The van der Waals surface area contributed by atoms with Crippen molar-refractivity contribution in [1.82, 2.24) is 0 Å². The fourth-order valence-electron chi connectivity index (χ4n) is 2.96. The highest BCUT2D eigenvalue weighted by atomic mass is 19.1. The summed E-state index contributed by atoms with van der Waals surface area (Å²) in [5.74, 6) is 0.177. The smallest absolute Gasteiger partial charge is 0.294 e. The highest BCUT2D eigenvalue weighted by molar-refractivity contribution is 6.10. The summed E-state index contributed by atoms with van der Waals surface area (Å²) in [7, 11) is 0. The third kappa shape index (κ3) is 3.53. The minimum Gasteiger partial charge on any atom is -0.449 e. The van der Waals surface area contributed by atoms with Gasteiger partial charge in [-0.3, -0.25) is 9.69 Å². The van der Waals surface area contributed by atoms with E-state index in [1.165, 1.54) is 12.1 Å². The molecule has 4 rings (SSSR count). The van der Waals surface area contributed by atoms with Crippen molar-refractivity contribution in [2.45, 2.75) is 6.54 Å². The average molecular weight is 360 g/mol. The van der Waals surface area contributed by atoms with E-state index in [1.807, 2.05) is 30.3 Å². The molecule has 2 N–H and O–H groups in total. The van der Waals surface area contributed by atoms with Gasteiger partial charge < -0.3 is 10.5 Å².